The number of rotatable bonds is 7. The van der Waals surface area contributed by atoms with E-state index in [2.05, 4.69) is 39.8 Å². The second-order valence-corrected chi connectivity index (χ2v) is 7.36. The first-order valence-corrected chi connectivity index (χ1v) is 9.89. The molecule has 0 aliphatic heterocycles. The molecule has 0 atom stereocenters. The Bertz CT molecular complexity index is 1270. The standard InChI is InChI=1S/C22H22N6O3/c1-15-22(28(30)31)16(2)27(25-15)11-10-21(29)24-19-12-23-26(14-19)13-18-8-5-7-17-6-3-4-9-20(17)18/h3-9,12,14H,10-11,13H2,1-2H3,(H,24,29). The number of hydrogen-bond donors (Lipinski definition) is 1. The fraction of sp³-hybridized carbons (Fsp3) is 0.227. The average Bonchev–Trinajstić information content (AvgIpc) is 3.29. The zero-order valence-corrected chi connectivity index (χ0v) is 17.3. The van der Waals surface area contributed by atoms with Gasteiger partial charge < -0.3 is 5.32 Å². The van der Waals surface area contributed by atoms with Crippen molar-refractivity contribution < 1.29 is 9.72 Å². The number of aromatic nitrogens is 4. The van der Waals surface area contributed by atoms with Gasteiger partial charge in [0, 0.05) is 12.6 Å². The van der Waals surface area contributed by atoms with Gasteiger partial charge in [-0.05, 0) is 30.2 Å². The molecule has 0 unspecified atom stereocenters. The van der Waals surface area contributed by atoms with Gasteiger partial charge in [-0.1, -0.05) is 42.5 Å². The molecule has 9 heteroatoms. The van der Waals surface area contributed by atoms with Gasteiger partial charge in [0.15, 0.2) is 0 Å². The number of hydrogen-bond acceptors (Lipinski definition) is 5. The Kier molecular flexibility index (Phi) is 5.48. The van der Waals surface area contributed by atoms with E-state index in [1.54, 1.807) is 30.9 Å². The third-order valence-electron chi connectivity index (χ3n) is 5.21. The van der Waals surface area contributed by atoms with Gasteiger partial charge in [-0.25, -0.2) is 0 Å². The maximum Gasteiger partial charge on any atom is 0.312 e. The first-order valence-electron chi connectivity index (χ1n) is 9.89. The molecule has 0 spiro atoms. The summed E-state index contributed by atoms with van der Waals surface area (Å²) in [5, 5.41) is 24.8. The number of anilines is 1. The predicted octanol–water partition coefficient (Wildman–Crippen LogP) is 3.83. The summed E-state index contributed by atoms with van der Waals surface area (Å²) in [6.45, 7) is 4.07. The van der Waals surface area contributed by atoms with Gasteiger partial charge >= 0.3 is 5.69 Å². The highest BCUT2D eigenvalue weighted by atomic mass is 16.6. The van der Waals surface area contributed by atoms with Crippen molar-refractivity contribution >= 4 is 28.1 Å². The van der Waals surface area contributed by atoms with Crippen LogP contribution in [0.2, 0.25) is 0 Å². The quantitative estimate of drug-likeness (QED) is 0.362. The molecular weight excluding hydrogens is 396 g/mol. The van der Waals surface area contributed by atoms with Crippen LogP contribution in [0.3, 0.4) is 0 Å². The van der Waals surface area contributed by atoms with Crippen molar-refractivity contribution in [3.8, 4) is 0 Å². The molecule has 2 aromatic carbocycles. The minimum Gasteiger partial charge on any atom is -0.323 e. The summed E-state index contributed by atoms with van der Waals surface area (Å²) in [4.78, 5) is 23.0. The maximum atomic E-state index is 12.3. The smallest absolute Gasteiger partial charge is 0.312 e. The second-order valence-electron chi connectivity index (χ2n) is 7.36. The lowest BCUT2D eigenvalue weighted by molar-refractivity contribution is -0.386. The fourth-order valence-electron chi connectivity index (χ4n) is 3.72. The van der Waals surface area contributed by atoms with Crippen LogP contribution in [0, 0.1) is 24.0 Å². The topological polar surface area (TPSA) is 108 Å². The Balaban J connectivity index is 1.38. The average molecular weight is 418 g/mol. The molecule has 2 aromatic heterocycles. The van der Waals surface area contributed by atoms with Crippen molar-refractivity contribution in [2.45, 2.75) is 33.4 Å². The van der Waals surface area contributed by atoms with E-state index in [-0.39, 0.29) is 24.6 Å². The van der Waals surface area contributed by atoms with Crippen molar-refractivity contribution in [3.63, 3.8) is 0 Å². The van der Waals surface area contributed by atoms with E-state index < -0.39 is 4.92 Å². The molecule has 158 valence electrons. The molecule has 0 saturated heterocycles. The third kappa shape index (κ3) is 4.30. The first-order chi connectivity index (χ1) is 14.9. The minimum absolute atomic E-state index is 0.00452. The van der Waals surface area contributed by atoms with Crippen molar-refractivity contribution in [1.82, 2.24) is 19.6 Å². The van der Waals surface area contributed by atoms with Crippen LogP contribution in [0.15, 0.2) is 54.9 Å². The van der Waals surface area contributed by atoms with Crippen LogP contribution in [0.4, 0.5) is 11.4 Å². The fourth-order valence-corrected chi connectivity index (χ4v) is 3.72. The molecule has 0 aliphatic rings. The van der Waals surface area contributed by atoms with E-state index in [9.17, 15) is 14.9 Å². The van der Waals surface area contributed by atoms with Gasteiger partial charge in [0.2, 0.25) is 5.91 Å². The number of nitrogens with zero attached hydrogens (tertiary/aromatic N) is 5. The summed E-state index contributed by atoms with van der Waals surface area (Å²) in [6, 6.07) is 14.3. The third-order valence-corrected chi connectivity index (χ3v) is 5.21. The van der Waals surface area contributed by atoms with Crippen LogP contribution in [0.1, 0.15) is 23.4 Å². The van der Waals surface area contributed by atoms with Gasteiger partial charge in [-0.15, -0.1) is 0 Å². The van der Waals surface area contributed by atoms with Crippen LogP contribution < -0.4 is 5.32 Å². The lowest BCUT2D eigenvalue weighted by atomic mass is 10.0. The number of benzene rings is 2. The van der Waals surface area contributed by atoms with Crippen LogP contribution in [-0.4, -0.2) is 30.4 Å². The molecular formula is C22H22N6O3. The number of fused-ring (bicyclic) bond motifs is 1. The maximum absolute atomic E-state index is 12.3. The van der Waals surface area contributed by atoms with E-state index in [0.29, 0.717) is 23.6 Å². The molecule has 9 nitrogen and oxygen atoms in total. The highest BCUT2D eigenvalue weighted by Crippen LogP contribution is 2.22. The van der Waals surface area contributed by atoms with Gasteiger partial charge in [-0.3, -0.25) is 24.3 Å². The summed E-state index contributed by atoms with van der Waals surface area (Å²) in [5.41, 5.74) is 2.53. The minimum atomic E-state index is -0.446. The SMILES string of the molecule is Cc1nn(CCC(=O)Nc2cnn(Cc3cccc4ccccc34)c2)c(C)c1[N+](=O)[O-]. The summed E-state index contributed by atoms with van der Waals surface area (Å²) in [6.07, 6.45) is 3.54. The van der Waals surface area contributed by atoms with E-state index in [1.165, 1.54) is 15.5 Å². The second kappa shape index (κ2) is 8.39. The van der Waals surface area contributed by atoms with Crippen molar-refractivity contribution in [1.29, 1.82) is 0 Å². The number of carbonyl (C=O) groups excluding carboxylic acids is 1. The molecule has 2 heterocycles. The molecule has 0 fully saturated rings. The lowest BCUT2D eigenvalue weighted by Gasteiger charge is -2.07. The Labute approximate surface area is 178 Å². The summed E-state index contributed by atoms with van der Waals surface area (Å²) < 4.78 is 3.28. The molecule has 0 bridgehead atoms. The number of nitro groups is 1. The van der Waals surface area contributed by atoms with Gasteiger partial charge in [-0.2, -0.15) is 10.2 Å². The summed E-state index contributed by atoms with van der Waals surface area (Å²) in [7, 11) is 0. The van der Waals surface area contributed by atoms with Gasteiger partial charge in [0.1, 0.15) is 11.4 Å². The van der Waals surface area contributed by atoms with Crippen LogP contribution in [0.5, 0.6) is 0 Å². The zero-order chi connectivity index (χ0) is 22.0. The summed E-state index contributed by atoms with van der Waals surface area (Å²) >= 11 is 0. The monoisotopic (exact) mass is 418 g/mol. The van der Waals surface area contributed by atoms with Crippen molar-refractivity contribution in [2.75, 3.05) is 5.32 Å². The first kappa shape index (κ1) is 20.3. The Hall–Kier alpha value is -4.01. The molecule has 4 rings (SSSR count). The number of carbonyl (C=O) groups is 1. The number of amides is 1. The van der Waals surface area contributed by atoms with Gasteiger partial charge in [0.05, 0.1) is 29.9 Å². The van der Waals surface area contributed by atoms with Crippen molar-refractivity contribution in [3.05, 3.63) is 81.9 Å². The highest BCUT2D eigenvalue weighted by Gasteiger charge is 2.21. The number of nitrogens with one attached hydrogen (secondary N) is 1. The molecule has 0 aliphatic carbocycles. The van der Waals surface area contributed by atoms with Crippen LogP contribution >= 0.6 is 0 Å². The van der Waals surface area contributed by atoms with Crippen LogP contribution in [-0.2, 0) is 17.9 Å². The number of aryl methyl sites for hydroxylation is 2. The van der Waals surface area contributed by atoms with E-state index in [1.807, 2.05) is 18.2 Å². The molecule has 0 radical (unpaired) electrons. The molecule has 0 saturated carbocycles. The largest absolute Gasteiger partial charge is 0.323 e. The molecule has 1 N–H and O–H groups in total. The highest BCUT2D eigenvalue weighted by molar-refractivity contribution is 5.90. The van der Waals surface area contributed by atoms with E-state index in [0.717, 1.165) is 5.56 Å². The molecule has 31 heavy (non-hydrogen) atoms. The van der Waals surface area contributed by atoms with Crippen LogP contribution in [0.25, 0.3) is 10.8 Å². The Morgan fingerprint density at radius 3 is 2.71 bits per heavy atom. The predicted molar refractivity (Wildman–Crippen MR) is 117 cm³/mol. The summed E-state index contributed by atoms with van der Waals surface area (Å²) in [5.74, 6) is -0.208. The van der Waals surface area contributed by atoms with E-state index in [4.69, 9.17) is 0 Å². The normalized spacial score (nSPS) is 11.0. The zero-order valence-electron chi connectivity index (χ0n) is 17.3. The van der Waals surface area contributed by atoms with Gasteiger partial charge in [0.25, 0.3) is 0 Å². The Morgan fingerprint density at radius 2 is 1.94 bits per heavy atom. The molecule has 4 aromatic rings. The van der Waals surface area contributed by atoms with Crippen molar-refractivity contribution in [2.24, 2.45) is 0 Å². The van der Waals surface area contributed by atoms with E-state index >= 15 is 0 Å². The molecule has 1 amide bonds. The lowest BCUT2D eigenvalue weighted by Crippen LogP contribution is -2.15. The Morgan fingerprint density at radius 1 is 1.16 bits per heavy atom.